The Morgan fingerprint density at radius 2 is 2.56 bits per heavy atom. The largest absolute Gasteiger partial charge is 0.380 e. The molecule has 90 valence electrons. The molecule has 3 nitrogen and oxygen atoms in total. The third-order valence-corrected chi connectivity index (χ3v) is 4.46. The van der Waals surface area contributed by atoms with Gasteiger partial charge in [0, 0.05) is 25.6 Å². The molecular weight excluding hydrogens is 244 g/mol. The molecule has 0 aromatic carbocycles. The van der Waals surface area contributed by atoms with Gasteiger partial charge in [-0.15, -0.1) is 22.9 Å². The summed E-state index contributed by atoms with van der Waals surface area (Å²) >= 11 is 7.46. The van der Waals surface area contributed by atoms with Crippen LogP contribution in [0.3, 0.4) is 0 Å². The predicted octanol–water partition coefficient (Wildman–Crippen LogP) is 2.66. The number of rotatable bonds is 4. The first kappa shape index (κ1) is 12.3. The fraction of sp³-hybridized carbons (Fsp3) is 0.727. The highest BCUT2D eigenvalue weighted by Crippen LogP contribution is 2.28. The van der Waals surface area contributed by atoms with Gasteiger partial charge in [-0.05, 0) is 13.3 Å². The maximum atomic E-state index is 5.76. The van der Waals surface area contributed by atoms with Crippen LogP contribution in [0.15, 0.2) is 5.38 Å². The van der Waals surface area contributed by atoms with Crippen molar-refractivity contribution in [3.8, 4) is 0 Å². The molecule has 1 aliphatic rings. The number of methoxy groups -OCH3 is 1. The zero-order valence-electron chi connectivity index (χ0n) is 9.65. The van der Waals surface area contributed by atoms with Crippen LogP contribution in [0.25, 0.3) is 0 Å². The molecule has 0 N–H and O–H groups in total. The van der Waals surface area contributed by atoms with Crippen molar-refractivity contribution in [1.82, 2.24) is 9.88 Å². The summed E-state index contributed by atoms with van der Waals surface area (Å²) in [4.78, 5) is 6.95. The SMILES string of the molecule is COC1CCN(C(C)c2nc(CCl)cs2)C1. The summed E-state index contributed by atoms with van der Waals surface area (Å²) in [6.07, 6.45) is 1.50. The van der Waals surface area contributed by atoms with Gasteiger partial charge in [0.1, 0.15) is 5.01 Å². The number of halogens is 1. The minimum Gasteiger partial charge on any atom is -0.380 e. The fourth-order valence-corrected chi connectivity index (χ4v) is 3.17. The zero-order valence-corrected chi connectivity index (χ0v) is 11.2. The van der Waals surface area contributed by atoms with Crippen molar-refractivity contribution in [3.05, 3.63) is 16.1 Å². The number of aromatic nitrogens is 1. The van der Waals surface area contributed by atoms with Gasteiger partial charge < -0.3 is 4.74 Å². The predicted molar refractivity (Wildman–Crippen MR) is 67.1 cm³/mol. The maximum absolute atomic E-state index is 5.76. The third kappa shape index (κ3) is 2.56. The van der Waals surface area contributed by atoms with Gasteiger partial charge in [-0.2, -0.15) is 0 Å². The summed E-state index contributed by atoms with van der Waals surface area (Å²) in [5, 5.41) is 3.20. The molecular formula is C11H17ClN2OS. The quantitative estimate of drug-likeness (QED) is 0.779. The molecule has 2 atom stereocenters. The molecule has 0 amide bonds. The van der Waals surface area contributed by atoms with E-state index in [4.69, 9.17) is 16.3 Å². The van der Waals surface area contributed by atoms with Crippen molar-refractivity contribution in [2.45, 2.75) is 31.4 Å². The minimum absolute atomic E-state index is 0.377. The minimum atomic E-state index is 0.377. The monoisotopic (exact) mass is 260 g/mol. The van der Waals surface area contributed by atoms with E-state index in [9.17, 15) is 0 Å². The van der Waals surface area contributed by atoms with Gasteiger partial charge in [0.15, 0.2) is 0 Å². The lowest BCUT2D eigenvalue weighted by atomic mass is 10.3. The first-order valence-corrected chi connectivity index (χ1v) is 6.93. The highest BCUT2D eigenvalue weighted by atomic mass is 35.5. The van der Waals surface area contributed by atoms with Crippen LogP contribution in [0.2, 0.25) is 0 Å². The number of hydrogen-bond donors (Lipinski definition) is 0. The summed E-state index contributed by atoms with van der Waals surface area (Å²) in [5.74, 6) is 0.504. The highest BCUT2D eigenvalue weighted by Gasteiger charge is 2.27. The second-order valence-electron chi connectivity index (χ2n) is 4.13. The van der Waals surface area contributed by atoms with Crippen molar-refractivity contribution in [1.29, 1.82) is 0 Å². The van der Waals surface area contributed by atoms with Crippen LogP contribution in [0.4, 0.5) is 0 Å². The van der Waals surface area contributed by atoms with Gasteiger partial charge in [-0.25, -0.2) is 4.98 Å². The Bertz CT molecular complexity index is 344. The maximum Gasteiger partial charge on any atom is 0.110 e. The molecule has 1 aliphatic heterocycles. The molecule has 1 aromatic rings. The van der Waals surface area contributed by atoms with E-state index in [1.807, 2.05) is 5.38 Å². The number of likely N-dealkylation sites (tertiary alicyclic amines) is 1. The number of hydrogen-bond acceptors (Lipinski definition) is 4. The topological polar surface area (TPSA) is 25.4 Å². The Kier molecular flexibility index (Phi) is 4.19. The van der Waals surface area contributed by atoms with Crippen LogP contribution in [-0.2, 0) is 10.6 Å². The summed E-state index contributed by atoms with van der Waals surface area (Å²) in [7, 11) is 1.79. The molecule has 0 aliphatic carbocycles. The Morgan fingerprint density at radius 1 is 1.75 bits per heavy atom. The molecule has 0 saturated carbocycles. The molecule has 1 fully saturated rings. The van der Waals surface area contributed by atoms with Gasteiger partial charge in [-0.3, -0.25) is 4.90 Å². The number of alkyl halides is 1. The van der Waals surface area contributed by atoms with Gasteiger partial charge in [-0.1, -0.05) is 0 Å². The number of nitrogens with zero attached hydrogens (tertiary/aromatic N) is 2. The van der Waals surface area contributed by atoms with Gasteiger partial charge >= 0.3 is 0 Å². The second kappa shape index (κ2) is 5.45. The summed E-state index contributed by atoms with van der Waals surface area (Å²) in [6.45, 7) is 4.30. The Hall–Kier alpha value is -0.160. The summed E-state index contributed by atoms with van der Waals surface area (Å²) < 4.78 is 5.37. The first-order chi connectivity index (χ1) is 7.74. The first-order valence-electron chi connectivity index (χ1n) is 5.51. The van der Waals surface area contributed by atoms with E-state index in [0.29, 0.717) is 18.0 Å². The Labute approximate surface area is 105 Å². The van der Waals surface area contributed by atoms with E-state index in [-0.39, 0.29) is 0 Å². The Morgan fingerprint density at radius 3 is 3.12 bits per heavy atom. The van der Waals surface area contributed by atoms with E-state index >= 15 is 0 Å². The normalized spacial score (nSPS) is 23.8. The van der Waals surface area contributed by atoms with E-state index in [2.05, 4.69) is 16.8 Å². The van der Waals surface area contributed by atoms with Crippen molar-refractivity contribution >= 4 is 22.9 Å². The van der Waals surface area contributed by atoms with Crippen molar-refractivity contribution in [3.63, 3.8) is 0 Å². The average Bonchev–Trinajstić information content (AvgIpc) is 2.97. The lowest BCUT2D eigenvalue weighted by Gasteiger charge is -2.21. The van der Waals surface area contributed by atoms with Crippen LogP contribution in [0.5, 0.6) is 0 Å². The van der Waals surface area contributed by atoms with Crippen molar-refractivity contribution < 1.29 is 4.74 Å². The highest BCUT2D eigenvalue weighted by molar-refractivity contribution is 7.09. The average molecular weight is 261 g/mol. The van der Waals surface area contributed by atoms with Crippen LogP contribution in [0.1, 0.15) is 30.1 Å². The zero-order chi connectivity index (χ0) is 11.5. The fourth-order valence-electron chi connectivity index (χ4n) is 2.03. The molecule has 1 saturated heterocycles. The summed E-state index contributed by atoms with van der Waals surface area (Å²) in [5.41, 5.74) is 0.982. The van der Waals surface area contributed by atoms with Crippen molar-refractivity contribution in [2.75, 3.05) is 20.2 Å². The standard InChI is InChI=1S/C11H17ClN2OS/c1-8(11-13-9(5-12)7-16-11)14-4-3-10(6-14)15-2/h7-8,10H,3-6H2,1-2H3. The van der Waals surface area contributed by atoms with Crippen LogP contribution in [-0.4, -0.2) is 36.2 Å². The van der Waals surface area contributed by atoms with Gasteiger partial charge in [0.05, 0.1) is 23.7 Å². The molecule has 2 heterocycles. The van der Waals surface area contributed by atoms with Crippen LogP contribution < -0.4 is 0 Å². The van der Waals surface area contributed by atoms with E-state index in [0.717, 1.165) is 30.2 Å². The number of thiazole rings is 1. The van der Waals surface area contributed by atoms with Crippen LogP contribution >= 0.6 is 22.9 Å². The smallest absolute Gasteiger partial charge is 0.110 e. The Balaban J connectivity index is 1.99. The molecule has 2 unspecified atom stereocenters. The van der Waals surface area contributed by atoms with E-state index in [1.54, 1.807) is 18.4 Å². The van der Waals surface area contributed by atoms with Crippen LogP contribution in [0, 0.1) is 0 Å². The molecule has 0 spiro atoms. The molecule has 16 heavy (non-hydrogen) atoms. The van der Waals surface area contributed by atoms with Gasteiger partial charge in [0.25, 0.3) is 0 Å². The second-order valence-corrected chi connectivity index (χ2v) is 5.28. The van der Waals surface area contributed by atoms with Crippen molar-refractivity contribution in [2.24, 2.45) is 0 Å². The summed E-state index contributed by atoms with van der Waals surface area (Å²) in [6, 6.07) is 0.377. The lowest BCUT2D eigenvalue weighted by molar-refractivity contribution is 0.102. The number of ether oxygens (including phenoxy) is 1. The van der Waals surface area contributed by atoms with E-state index in [1.165, 1.54) is 0 Å². The third-order valence-electron chi connectivity index (χ3n) is 3.12. The molecule has 0 radical (unpaired) electrons. The van der Waals surface area contributed by atoms with E-state index < -0.39 is 0 Å². The van der Waals surface area contributed by atoms with Gasteiger partial charge in [0.2, 0.25) is 0 Å². The molecule has 5 heteroatoms. The lowest BCUT2D eigenvalue weighted by Crippen LogP contribution is -2.26. The molecule has 1 aromatic heterocycles. The molecule has 2 rings (SSSR count). The molecule has 0 bridgehead atoms.